The first-order valence-electron chi connectivity index (χ1n) is 12.9. The molecule has 2 heterocycles. The van der Waals surface area contributed by atoms with Gasteiger partial charge in [0.2, 0.25) is 0 Å². The molecule has 3 rings (SSSR count). The predicted octanol–water partition coefficient (Wildman–Crippen LogP) is -4.00. The summed E-state index contributed by atoms with van der Waals surface area (Å²) in [6, 6.07) is 5.97. The first-order chi connectivity index (χ1) is 16.9. The summed E-state index contributed by atoms with van der Waals surface area (Å²) >= 11 is 0. The van der Waals surface area contributed by atoms with Crippen molar-refractivity contribution < 1.29 is 9.47 Å². The SMILES string of the molecule is [B]B([B])B([B])B(B([B])[B])B1CC1COc1cc(CC)cc(OCC2CB2B(B([B])[B])B([B])B([B])[B])c1. The van der Waals surface area contributed by atoms with Crippen LogP contribution in [0.1, 0.15) is 12.5 Å². The molecule has 0 N–H and O–H groups in total. The fourth-order valence-corrected chi connectivity index (χ4v) is 5.44. The number of ether oxygens (including phenoxy) is 2. The minimum absolute atomic E-state index is 0.154. The Morgan fingerprint density at radius 3 is 1.36 bits per heavy atom. The lowest BCUT2D eigenvalue weighted by atomic mass is 8.57. The first kappa shape index (κ1) is 30.7. The highest BCUT2D eigenvalue weighted by molar-refractivity contribution is 8.01. The standard InChI is InChI=1S/C14H18B20O2/c1-2-10-3-13(35-8-11-6-25(11)33(29(19)20)31(23)27(15)16)5-14(4-10)36-9-12-7-26(12)34(30(21)22)32(24)28(17)18/h3-5,11-12H,2,6-9H2,1H3. The van der Waals surface area contributed by atoms with Gasteiger partial charge in [-0.1, -0.05) is 19.6 Å². The molecule has 2 saturated heterocycles. The van der Waals surface area contributed by atoms with Crippen LogP contribution in [-0.4, -0.2) is 155 Å². The van der Waals surface area contributed by atoms with E-state index in [4.69, 9.17) is 86.8 Å². The van der Waals surface area contributed by atoms with Crippen molar-refractivity contribution in [3.8, 4) is 11.5 Å². The van der Waals surface area contributed by atoms with Gasteiger partial charge in [0.15, 0.2) is 0 Å². The zero-order chi connectivity index (χ0) is 26.7. The molecule has 0 aliphatic carbocycles. The number of benzene rings is 1. The molecule has 146 valence electrons. The summed E-state index contributed by atoms with van der Waals surface area (Å²) in [6.45, 7) is 3.63. The van der Waals surface area contributed by atoms with Gasteiger partial charge in [0.25, 0.3) is 0 Å². The highest BCUT2D eigenvalue weighted by Crippen LogP contribution is 2.41. The van der Waals surface area contributed by atoms with Gasteiger partial charge in [0.1, 0.15) is 11.5 Å². The molecule has 20 radical (unpaired) electrons. The number of hydrogen-bond donors (Lipinski definition) is 0. The van der Waals surface area contributed by atoms with Crippen LogP contribution in [0.3, 0.4) is 0 Å². The van der Waals surface area contributed by atoms with Crippen molar-refractivity contribution in [1.82, 2.24) is 0 Å². The van der Waals surface area contributed by atoms with Crippen molar-refractivity contribution in [2.24, 2.45) is 0 Å². The van der Waals surface area contributed by atoms with Crippen LogP contribution in [0.2, 0.25) is 24.3 Å². The van der Waals surface area contributed by atoms with Gasteiger partial charge in [-0.15, -0.1) is 0 Å². The highest BCUT2D eigenvalue weighted by atomic mass is 16.5. The van der Waals surface area contributed by atoms with E-state index in [-0.39, 0.29) is 26.0 Å². The second-order valence-electron chi connectivity index (χ2n) is 10.7. The fourth-order valence-electron chi connectivity index (χ4n) is 5.44. The molecule has 0 aromatic heterocycles. The van der Waals surface area contributed by atoms with Crippen LogP contribution in [0.4, 0.5) is 0 Å². The zero-order valence-electron chi connectivity index (χ0n) is 21.3. The Kier molecular flexibility index (Phi) is 11.5. The molecule has 2 aliphatic rings. The minimum Gasteiger partial charge on any atom is -0.494 e. The van der Waals surface area contributed by atoms with Crippen LogP contribution in [-0.2, 0) is 6.42 Å². The lowest BCUT2D eigenvalue weighted by molar-refractivity contribution is 0.309. The van der Waals surface area contributed by atoms with E-state index < -0.39 is 38.3 Å². The topological polar surface area (TPSA) is 18.5 Å². The summed E-state index contributed by atoms with van der Waals surface area (Å²) in [5.41, 5.74) is 1.12. The molecule has 2 aliphatic heterocycles. The molecule has 0 spiro atoms. The molecule has 0 saturated carbocycles. The van der Waals surface area contributed by atoms with Crippen molar-refractivity contribution in [2.45, 2.75) is 37.6 Å². The van der Waals surface area contributed by atoms with Gasteiger partial charge in [0.05, 0.1) is 26.4 Å². The second-order valence-corrected chi connectivity index (χ2v) is 10.7. The molecule has 0 amide bonds. The Bertz CT molecular complexity index is 780. The Balaban J connectivity index is 1.55. The summed E-state index contributed by atoms with van der Waals surface area (Å²) < 4.78 is 12.3. The van der Waals surface area contributed by atoms with E-state index in [0.717, 1.165) is 36.1 Å². The molecular formula is C14H18B20O2. The quantitative estimate of drug-likeness (QED) is 0.262. The van der Waals surface area contributed by atoms with E-state index >= 15 is 0 Å². The van der Waals surface area contributed by atoms with Gasteiger partial charge >= 0.3 is 0 Å². The van der Waals surface area contributed by atoms with Gasteiger partial charge in [-0.2, -0.15) is 0 Å². The molecule has 2 atom stereocenters. The summed E-state index contributed by atoms with van der Waals surface area (Å²) in [5.74, 6) is 2.11. The smallest absolute Gasteiger partial charge is 0.123 e. The molecule has 2 nitrogen and oxygen atoms in total. The van der Waals surface area contributed by atoms with E-state index in [9.17, 15) is 0 Å². The summed E-state index contributed by atoms with van der Waals surface area (Å²) in [4.78, 5) is 0. The summed E-state index contributed by atoms with van der Waals surface area (Å²) in [6.07, 6.45) is -1.02. The third-order valence-electron chi connectivity index (χ3n) is 7.89. The van der Waals surface area contributed by atoms with Crippen molar-refractivity contribution in [3.63, 3.8) is 0 Å². The maximum absolute atomic E-state index is 6.17. The van der Waals surface area contributed by atoms with Gasteiger partial charge in [-0.25, -0.2) is 0 Å². The fraction of sp³-hybridized carbons (Fsp3) is 0.571. The Morgan fingerprint density at radius 1 is 0.667 bits per heavy atom. The zero-order valence-corrected chi connectivity index (χ0v) is 21.3. The van der Waals surface area contributed by atoms with Crippen LogP contribution < -0.4 is 9.47 Å². The maximum atomic E-state index is 6.17. The first-order valence-corrected chi connectivity index (χ1v) is 12.9. The maximum Gasteiger partial charge on any atom is 0.123 e. The van der Waals surface area contributed by atoms with Crippen LogP contribution >= 0.6 is 0 Å². The minimum atomic E-state index is -0.669. The molecule has 2 fully saturated rings. The van der Waals surface area contributed by atoms with Crippen LogP contribution in [0, 0.1) is 0 Å². The number of rotatable bonds is 15. The Morgan fingerprint density at radius 2 is 1.06 bits per heavy atom. The summed E-state index contributed by atoms with van der Waals surface area (Å²) in [7, 11) is 59.4. The molecule has 1 aromatic rings. The molecule has 2 unspecified atom stereocenters. The lowest BCUT2D eigenvalue weighted by Crippen LogP contribution is -2.63. The average molecular weight is 435 g/mol. The predicted molar refractivity (Wildman–Crippen MR) is 179 cm³/mol. The summed E-state index contributed by atoms with van der Waals surface area (Å²) in [5, 5.41) is 0. The van der Waals surface area contributed by atoms with Gasteiger partial charge < -0.3 is 9.47 Å². The van der Waals surface area contributed by atoms with Crippen LogP contribution in [0.5, 0.6) is 11.5 Å². The van der Waals surface area contributed by atoms with E-state index in [0.29, 0.717) is 24.8 Å². The molecule has 0 bridgehead atoms. The number of hydrogen-bond acceptors (Lipinski definition) is 2. The van der Waals surface area contributed by atoms with Crippen LogP contribution in [0.25, 0.3) is 0 Å². The normalized spacial score (nSPS) is 17.6. The highest BCUT2D eigenvalue weighted by Gasteiger charge is 2.51. The largest absolute Gasteiger partial charge is 0.494 e. The lowest BCUT2D eigenvalue weighted by Gasteiger charge is -2.25. The van der Waals surface area contributed by atoms with E-state index in [1.54, 1.807) is 0 Å². The number of aryl methyl sites for hydroxylation is 1. The third kappa shape index (κ3) is 8.07. The Hall–Kier alpha value is 0.119. The van der Waals surface area contributed by atoms with Gasteiger partial charge in [0, 0.05) is 135 Å². The van der Waals surface area contributed by atoms with Gasteiger partial charge in [-0.05, 0) is 35.8 Å². The van der Waals surface area contributed by atoms with E-state index in [1.807, 2.05) is 18.2 Å². The van der Waals surface area contributed by atoms with Crippen molar-refractivity contribution >= 4 is 142 Å². The van der Waals surface area contributed by atoms with E-state index in [2.05, 4.69) is 6.92 Å². The molecule has 1 aromatic carbocycles. The molecule has 22 heteroatoms. The van der Waals surface area contributed by atoms with Crippen LogP contribution in [0.15, 0.2) is 18.2 Å². The molecule has 36 heavy (non-hydrogen) atoms. The van der Waals surface area contributed by atoms with Crippen molar-refractivity contribution in [1.29, 1.82) is 0 Å². The average Bonchev–Trinajstić information content (AvgIpc) is 3.73. The van der Waals surface area contributed by atoms with Gasteiger partial charge in [-0.3, -0.25) is 0 Å². The monoisotopic (exact) mass is 438 g/mol. The molecular weight excluding hydrogens is 416 g/mol. The third-order valence-corrected chi connectivity index (χ3v) is 7.89. The van der Waals surface area contributed by atoms with Crippen molar-refractivity contribution in [2.75, 3.05) is 13.2 Å². The van der Waals surface area contributed by atoms with E-state index in [1.165, 1.54) is 0 Å². The second kappa shape index (κ2) is 13.5. The van der Waals surface area contributed by atoms with Crippen molar-refractivity contribution in [3.05, 3.63) is 23.8 Å². The Labute approximate surface area is 236 Å².